The van der Waals surface area contributed by atoms with Crippen LogP contribution in [0.1, 0.15) is 24.0 Å². The molecule has 0 radical (unpaired) electrons. The molecular weight excluding hydrogens is 390 g/mol. The van der Waals surface area contributed by atoms with Crippen LogP contribution in [-0.4, -0.2) is 72.4 Å². The molecular formula is C25H31N3O3. The summed E-state index contributed by atoms with van der Waals surface area (Å²) in [5.41, 5.74) is 2.21. The minimum atomic E-state index is -0.121. The summed E-state index contributed by atoms with van der Waals surface area (Å²) in [5.74, 6) is 1.17. The summed E-state index contributed by atoms with van der Waals surface area (Å²) in [5, 5.41) is 0. The predicted molar refractivity (Wildman–Crippen MR) is 120 cm³/mol. The number of aryl methyl sites for hydroxylation is 1. The molecule has 0 bridgehead atoms. The zero-order valence-corrected chi connectivity index (χ0v) is 18.2. The maximum atomic E-state index is 13.1. The molecule has 0 aliphatic carbocycles. The SMILES string of the molecule is COc1ccccc1CCC(=O)N1CCC2C(=O)N(Cc3ccccc3)CCN2CC1. The fourth-order valence-electron chi connectivity index (χ4n) is 4.61. The number of carbonyl (C=O) groups is 2. The molecule has 2 saturated heterocycles. The van der Waals surface area contributed by atoms with E-state index in [0.717, 1.165) is 36.5 Å². The second-order valence-corrected chi connectivity index (χ2v) is 8.28. The minimum absolute atomic E-state index is 0.121. The minimum Gasteiger partial charge on any atom is -0.496 e. The number of rotatable bonds is 6. The van der Waals surface area contributed by atoms with Gasteiger partial charge in [0.25, 0.3) is 0 Å². The Labute approximate surface area is 184 Å². The summed E-state index contributed by atoms with van der Waals surface area (Å²) in [6, 6.07) is 17.9. The van der Waals surface area contributed by atoms with Gasteiger partial charge in [0.15, 0.2) is 0 Å². The van der Waals surface area contributed by atoms with Gasteiger partial charge < -0.3 is 14.5 Å². The van der Waals surface area contributed by atoms with Crippen molar-refractivity contribution in [3.63, 3.8) is 0 Å². The van der Waals surface area contributed by atoms with Crippen LogP contribution in [0.4, 0.5) is 0 Å². The smallest absolute Gasteiger partial charge is 0.240 e. The highest BCUT2D eigenvalue weighted by Gasteiger charge is 2.37. The Morgan fingerprint density at radius 2 is 1.71 bits per heavy atom. The molecule has 1 unspecified atom stereocenters. The highest BCUT2D eigenvalue weighted by molar-refractivity contribution is 5.83. The van der Waals surface area contributed by atoms with Gasteiger partial charge in [-0.3, -0.25) is 14.5 Å². The van der Waals surface area contributed by atoms with Crippen molar-refractivity contribution in [3.8, 4) is 5.75 Å². The molecule has 2 fully saturated rings. The van der Waals surface area contributed by atoms with Crippen LogP contribution in [0, 0.1) is 0 Å². The van der Waals surface area contributed by atoms with E-state index < -0.39 is 0 Å². The third-order valence-corrected chi connectivity index (χ3v) is 6.39. The van der Waals surface area contributed by atoms with Crippen molar-refractivity contribution in [2.75, 3.05) is 39.8 Å². The van der Waals surface area contributed by atoms with Crippen molar-refractivity contribution >= 4 is 11.8 Å². The monoisotopic (exact) mass is 421 g/mol. The highest BCUT2D eigenvalue weighted by Crippen LogP contribution is 2.22. The molecule has 0 aromatic heterocycles. The second kappa shape index (κ2) is 9.96. The number of piperazine rings is 1. The Kier molecular flexibility index (Phi) is 6.87. The van der Waals surface area contributed by atoms with Crippen LogP contribution in [0.15, 0.2) is 54.6 Å². The number of fused-ring (bicyclic) bond motifs is 1. The van der Waals surface area contributed by atoms with Crippen LogP contribution in [0.2, 0.25) is 0 Å². The van der Waals surface area contributed by atoms with Gasteiger partial charge in [-0.25, -0.2) is 0 Å². The molecule has 6 heteroatoms. The van der Waals surface area contributed by atoms with E-state index in [0.29, 0.717) is 38.9 Å². The summed E-state index contributed by atoms with van der Waals surface area (Å²) >= 11 is 0. The van der Waals surface area contributed by atoms with Crippen LogP contribution in [0.5, 0.6) is 5.75 Å². The maximum Gasteiger partial charge on any atom is 0.240 e. The first-order chi connectivity index (χ1) is 15.2. The topological polar surface area (TPSA) is 53.1 Å². The van der Waals surface area contributed by atoms with Gasteiger partial charge in [-0.15, -0.1) is 0 Å². The third kappa shape index (κ3) is 5.07. The quantitative estimate of drug-likeness (QED) is 0.720. The van der Waals surface area contributed by atoms with E-state index in [1.54, 1.807) is 7.11 Å². The number of hydrogen-bond acceptors (Lipinski definition) is 4. The number of para-hydroxylation sites is 1. The fraction of sp³-hybridized carbons (Fsp3) is 0.440. The van der Waals surface area contributed by atoms with Crippen LogP contribution in [0.3, 0.4) is 0 Å². The molecule has 2 aromatic carbocycles. The second-order valence-electron chi connectivity index (χ2n) is 8.28. The number of hydrogen-bond donors (Lipinski definition) is 0. The zero-order valence-electron chi connectivity index (χ0n) is 18.2. The first-order valence-electron chi connectivity index (χ1n) is 11.1. The van der Waals surface area contributed by atoms with Gasteiger partial charge in [0.2, 0.25) is 11.8 Å². The summed E-state index contributed by atoms with van der Waals surface area (Å²) < 4.78 is 5.40. The molecule has 2 aliphatic rings. The van der Waals surface area contributed by atoms with Crippen molar-refractivity contribution in [3.05, 3.63) is 65.7 Å². The van der Waals surface area contributed by atoms with Gasteiger partial charge in [0.1, 0.15) is 5.75 Å². The molecule has 2 aliphatic heterocycles. The highest BCUT2D eigenvalue weighted by atomic mass is 16.5. The molecule has 1 atom stereocenters. The fourth-order valence-corrected chi connectivity index (χ4v) is 4.61. The van der Waals surface area contributed by atoms with E-state index in [9.17, 15) is 9.59 Å². The van der Waals surface area contributed by atoms with E-state index in [1.807, 2.05) is 52.3 Å². The lowest BCUT2D eigenvalue weighted by molar-refractivity contribution is -0.142. The first kappa shape index (κ1) is 21.4. The number of benzene rings is 2. The van der Waals surface area contributed by atoms with Crippen molar-refractivity contribution in [1.82, 2.24) is 14.7 Å². The normalized spacial score (nSPS) is 19.6. The van der Waals surface area contributed by atoms with E-state index in [-0.39, 0.29) is 17.9 Å². The molecule has 2 aromatic rings. The van der Waals surface area contributed by atoms with E-state index in [1.165, 1.54) is 0 Å². The zero-order chi connectivity index (χ0) is 21.6. The average Bonchev–Trinajstić information content (AvgIpc) is 3.03. The molecule has 31 heavy (non-hydrogen) atoms. The van der Waals surface area contributed by atoms with Gasteiger partial charge in [0, 0.05) is 45.7 Å². The number of ether oxygens (including phenoxy) is 1. The van der Waals surface area contributed by atoms with Gasteiger partial charge >= 0.3 is 0 Å². The van der Waals surface area contributed by atoms with Crippen LogP contribution < -0.4 is 4.74 Å². The van der Waals surface area contributed by atoms with E-state index in [2.05, 4.69) is 17.0 Å². The van der Waals surface area contributed by atoms with Gasteiger partial charge in [-0.05, 0) is 30.0 Å². The van der Waals surface area contributed by atoms with Gasteiger partial charge in [-0.1, -0.05) is 48.5 Å². The van der Waals surface area contributed by atoms with Gasteiger partial charge in [0.05, 0.1) is 13.2 Å². The van der Waals surface area contributed by atoms with Crippen LogP contribution >= 0.6 is 0 Å². The number of carbonyl (C=O) groups excluding carboxylic acids is 2. The molecule has 164 valence electrons. The van der Waals surface area contributed by atoms with Gasteiger partial charge in [-0.2, -0.15) is 0 Å². The summed E-state index contributed by atoms with van der Waals surface area (Å²) in [7, 11) is 1.66. The summed E-state index contributed by atoms with van der Waals surface area (Å²) in [6.45, 7) is 4.35. The summed E-state index contributed by atoms with van der Waals surface area (Å²) in [6.07, 6.45) is 1.82. The lowest BCUT2D eigenvalue weighted by Gasteiger charge is -2.39. The number of methoxy groups -OCH3 is 1. The molecule has 2 heterocycles. The standard InChI is InChI=1S/C25H31N3O3/c1-31-23-10-6-5-9-21(23)11-12-24(29)27-14-13-22-25(30)28(18-16-26(22)15-17-27)19-20-7-3-2-4-8-20/h2-10,22H,11-19H2,1H3. The molecule has 6 nitrogen and oxygen atoms in total. The summed E-state index contributed by atoms with van der Waals surface area (Å²) in [4.78, 5) is 32.2. The van der Waals surface area contributed by atoms with E-state index >= 15 is 0 Å². The van der Waals surface area contributed by atoms with Crippen molar-refractivity contribution in [2.24, 2.45) is 0 Å². The Morgan fingerprint density at radius 1 is 0.968 bits per heavy atom. The Hall–Kier alpha value is -2.86. The lowest BCUT2D eigenvalue weighted by atomic mass is 10.1. The van der Waals surface area contributed by atoms with Crippen LogP contribution in [-0.2, 0) is 22.6 Å². The molecule has 0 spiro atoms. The Morgan fingerprint density at radius 3 is 2.52 bits per heavy atom. The largest absolute Gasteiger partial charge is 0.496 e. The van der Waals surface area contributed by atoms with E-state index in [4.69, 9.17) is 4.74 Å². The maximum absolute atomic E-state index is 13.1. The molecule has 0 saturated carbocycles. The first-order valence-corrected chi connectivity index (χ1v) is 11.1. The number of nitrogens with zero attached hydrogens (tertiary/aromatic N) is 3. The average molecular weight is 422 g/mol. The van der Waals surface area contributed by atoms with Crippen molar-refractivity contribution in [2.45, 2.75) is 31.8 Å². The third-order valence-electron chi connectivity index (χ3n) is 6.39. The Bertz CT molecular complexity index is 902. The Balaban J connectivity index is 1.33. The molecule has 4 rings (SSSR count). The van der Waals surface area contributed by atoms with Crippen molar-refractivity contribution in [1.29, 1.82) is 0 Å². The van der Waals surface area contributed by atoms with Crippen molar-refractivity contribution < 1.29 is 14.3 Å². The predicted octanol–water partition coefficient (Wildman–Crippen LogP) is 2.57. The lowest BCUT2D eigenvalue weighted by Crippen LogP contribution is -2.56. The van der Waals surface area contributed by atoms with Crippen LogP contribution in [0.25, 0.3) is 0 Å². The number of amides is 2. The molecule has 0 N–H and O–H groups in total. The molecule has 2 amide bonds.